The molecule has 13 heteroatoms. The summed E-state index contributed by atoms with van der Waals surface area (Å²) in [6.07, 6.45) is 1.83. The molecule has 10 nitrogen and oxygen atoms in total. The summed E-state index contributed by atoms with van der Waals surface area (Å²) >= 11 is 0. The number of rotatable bonds is 8. The van der Waals surface area contributed by atoms with Gasteiger partial charge in [-0.3, -0.25) is 0 Å². The molecule has 204 valence electrons. The van der Waals surface area contributed by atoms with E-state index in [0.29, 0.717) is 17.8 Å². The molecule has 1 aliphatic rings. The first-order valence-corrected chi connectivity index (χ1v) is 12.6. The van der Waals surface area contributed by atoms with E-state index < -0.39 is 18.0 Å². The Morgan fingerprint density at radius 2 is 1.77 bits per heavy atom. The Balaban J connectivity index is 1.35. The van der Waals surface area contributed by atoms with Crippen molar-refractivity contribution < 1.29 is 23.1 Å². The number of carboxylic acid groups (broad SMARTS) is 1. The topological polar surface area (TPSA) is 136 Å². The lowest BCUT2D eigenvalue weighted by molar-refractivity contribution is -0.140. The molecule has 0 saturated carbocycles. The summed E-state index contributed by atoms with van der Waals surface area (Å²) in [5.74, 6) is 1.21. The summed E-state index contributed by atoms with van der Waals surface area (Å²) in [6, 6.07) is 6.49. The van der Waals surface area contributed by atoms with Gasteiger partial charge in [-0.15, -0.1) is 0 Å². The second-order valence-electron chi connectivity index (χ2n) is 9.31. The highest BCUT2D eigenvalue weighted by molar-refractivity contribution is 5.68. The van der Waals surface area contributed by atoms with Gasteiger partial charge in [-0.25, -0.2) is 24.7 Å². The Morgan fingerprint density at radius 3 is 2.38 bits per heavy atom. The van der Waals surface area contributed by atoms with E-state index in [1.807, 2.05) is 0 Å². The number of alkyl halides is 3. The van der Waals surface area contributed by atoms with Gasteiger partial charge in [0.1, 0.15) is 23.0 Å². The molecule has 4 heterocycles. The van der Waals surface area contributed by atoms with Crippen molar-refractivity contribution in [2.75, 3.05) is 13.1 Å². The van der Waals surface area contributed by atoms with Gasteiger partial charge in [0, 0.05) is 35.6 Å². The first-order valence-electron chi connectivity index (χ1n) is 12.6. The Bertz CT molecular complexity index is 1420. The third-order valence-corrected chi connectivity index (χ3v) is 6.51. The summed E-state index contributed by atoms with van der Waals surface area (Å²) in [5.41, 5.74) is 1.09. The molecule has 1 aromatic carbocycles. The average Bonchev–Trinajstić information content (AvgIpc) is 3.69. The Morgan fingerprint density at radius 1 is 1.05 bits per heavy atom. The van der Waals surface area contributed by atoms with Crippen molar-refractivity contribution in [1.82, 2.24) is 40.1 Å². The van der Waals surface area contributed by atoms with Gasteiger partial charge in [0.05, 0.1) is 24.5 Å². The maximum atomic E-state index is 13.8. The molecule has 1 amide bonds. The van der Waals surface area contributed by atoms with Gasteiger partial charge < -0.3 is 25.3 Å². The third-order valence-electron chi connectivity index (χ3n) is 6.51. The predicted molar refractivity (Wildman–Crippen MR) is 136 cm³/mol. The van der Waals surface area contributed by atoms with E-state index in [2.05, 4.69) is 35.2 Å². The lowest BCUT2D eigenvalue weighted by Gasteiger charge is -2.16. The normalized spacial score (nSPS) is 15.5. The lowest BCUT2D eigenvalue weighted by Crippen LogP contribution is -2.30. The molecular weight excluding hydrogens is 513 g/mol. The van der Waals surface area contributed by atoms with Crippen molar-refractivity contribution in [3.05, 3.63) is 60.2 Å². The van der Waals surface area contributed by atoms with E-state index in [4.69, 9.17) is 0 Å². The fraction of sp³-hybridized carbons (Fsp3) is 0.346. The lowest BCUT2D eigenvalue weighted by atomic mass is 10.1. The van der Waals surface area contributed by atoms with Gasteiger partial charge in [-0.1, -0.05) is 31.2 Å². The predicted octanol–water partition coefficient (Wildman–Crippen LogP) is 5.26. The fourth-order valence-corrected chi connectivity index (χ4v) is 4.58. The summed E-state index contributed by atoms with van der Waals surface area (Å²) in [4.78, 5) is 35.4. The highest BCUT2D eigenvalue weighted by atomic mass is 19.4. The van der Waals surface area contributed by atoms with Crippen LogP contribution in [0, 0.1) is 0 Å². The van der Waals surface area contributed by atoms with Crippen LogP contribution in [0.2, 0.25) is 0 Å². The molecule has 4 N–H and O–H groups in total. The zero-order valence-corrected chi connectivity index (χ0v) is 21.1. The van der Waals surface area contributed by atoms with Crippen molar-refractivity contribution in [3.8, 4) is 33.9 Å². The highest BCUT2D eigenvalue weighted by Crippen LogP contribution is 2.36. The average molecular weight is 541 g/mol. The minimum Gasteiger partial charge on any atom is -0.465 e. The van der Waals surface area contributed by atoms with Crippen LogP contribution in [-0.4, -0.2) is 59.1 Å². The summed E-state index contributed by atoms with van der Waals surface area (Å²) < 4.78 is 41.3. The molecular formula is C26H27F3N8O2. The molecule has 0 bridgehead atoms. The van der Waals surface area contributed by atoms with Crippen molar-refractivity contribution in [2.24, 2.45) is 0 Å². The number of aromatic amines is 2. The van der Waals surface area contributed by atoms with Crippen LogP contribution in [0.3, 0.4) is 0 Å². The molecule has 39 heavy (non-hydrogen) atoms. The number of halogens is 3. The van der Waals surface area contributed by atoms with Crippen LogP contribution in [0.25, 0.3) is 33.9 Å². The minimum atomic E-state index is -4.70. The van der Waals surface area contributed by atoms with Crippen molar-refractivity contribution in [1.29, 1.82) is 0 Å². The number of nitrogens with zero attached hydrogens (tertiary/aromatic N) is 5. The number of hydrogen-bond donors (Lipinski definition) is 4. The zero-order valence-electron chi connectivity index (χ0n) is 21.1. The standard InChI is InChI=1S/C26H27F3N8O2/c1-2-10-37(25(38)39)14-20-35-21(22(36-20)26(27,28)29)15-5-7-16(8-6-15)23-31-11-17(12-32-23)19-13-33-24(34-19)18-4-3-9-30-18/h5-8,11-13,18,30H,2-4,9-10,14H2,1H3,(H,33,34)(H,35,36)(H,38,39)/t18-/m0/s1. The van der Waals surface area contributed by atoms with Gasteiger partial charge in [0.2, 0.25) is 0 Å². The smallest absolute Gasteiger partial charge is 0.433 e. The number of aromatic nitrogens is 6. The van der Waals surface area contributed by atoms with E-state index >= 15 is 0 Å². The first-order chi connectivity index (χ1) is 18.7. The van der Waals surface area contributed by atoms with Crippen LogP contribution in [0.4, 0.5) is 18.0 Å². The molecule has 1 fully saturated rings. The van der Waals surface area contributed by atoms with Crippen molar-refractivity contribution in [2.45, 2.75) is 44.9 Å². The van der Waals surface area contributed by atoms with Gasteiger partial charge in [0.25, 0.3) is 0 Å². The first kappa shape index (κ1) is 26.4. The van der Waals surface area contributed by atoms with Gasteiger partial charge in [-0.2, -0.15) is 13.2 Å². The van der Waals surface area contributed by atoms with E-state index in [-0.39, 0.29) is 36.2 Å². The maximum Gasteiger partial charge on any atom is 0.433 e. The molecule has 0 aliphatic carbocycles. The van der Waals surface area contributed by atoms with Gasteiger partial charge in [-0.05, 0) is 25.8 Å². The molecule has 3 aromatic heterocycles. The van der Waals surface area contributed by atoms with Crippen LogP contribution in [-0.2, 0) is 12.7 Å². The molecule has 0 unspecified atom stereocenters. The maximum absolute atomic E-state index is 13.8. The largest absolute Gasteiger partial charge is 0.465 e. The quantitative estimate of drug-likeness (QED) is 0.239. The van der Waals surface area contributed by atoms with Crippen molar-refractivity contribution in [3.63, 3.8) is 0 Å². The Labute approximate surface area is 221 Å². The Kier molecular flexibility index (Phi) is 7.33. The molecule has 4 aromatic rings. The number of imidazole rings is 2. The summed E-state index contributed by atoms with van der Waals surface area (Å²) in [5, 5.41) is 12.7. The monoisotopic (exact) mass is 540 g/mol. The number of amides is 1. The fourth-order valence-electron chi connectivity index (χ4n) is 4.58. The molecule has 0 radical (unpaired) electrons. The van der Waals surface area contributed by atoms with Crippen LogP contribution >= 0.6 is 0 Å². The zero-order chi connectivity index (χ0) is 27.6. The van der Waals surface area contributed by atoms with Gasteiger partial charge in [0.15, 0.2) is 5.82 Å². The second-order valence-corrected chi connectivity index (χ2v) is 9.31. The summed E-state index contributed by atoms with van der Waals surface area (Å²) in [6.45, 7) is 2.66. The molecule has 1 saturated heterocycles. The Hall–Kier alpha value is -4.26. The number of carbonyl (C=O) groups is 1. The van der Waals surface area contributed by atoms with E-state index in [9.17, 15) is 23.1 Å². The minimum absolute atomic E-state index is 0.0816. The van der Waals surface area contributed by atoms with E-state index in [1.54, 1.807) is 37.6 Å². The number of H-pyrrole nitrogens is 2. The van der Waals surface area contributed by atoms with E-state index in [0.717, 1.165) is 41.4 Å². The molecule has 5 rings (SSSR count). The van der Waals surface area contributed by atoms with Gasteiger partial charge >= 0.3 is 12.3 Å². The van der Waals surface area contributed by atoms with Crippen LogP contribution in [0.15, 0.2) is 42.9 Å². The van der Waals surface area contributed by atoms with Crippen molar-refractivity contribution >= 4 is 6.09 Å². The molecule has 0 spiro atoms. The van der Waals surface area contributed by atoms with E-state index in [1.165, 1.54) is 12.1 Å². The SMILES string of the molecule is CCCN(Cc1nc(-c2ccc(-c3ncc(-c4cnc([C@@H]5CCCN5)[nH]4)cn3)cc2)c(C(F)(F)F)[nH]1)C(=O)O. The van der Waals surface area contributed by atoms with Crippen LogP contribution in [0.5, 0.6) is 0 Å². The number of hydrogen-bond acceptors (Lipinski definition) is 6. The number of nitrogens with one attached hydrogen (secondary N) is 3. The highest BCUT2D eigenvalue weighted by Gasteiger charge is 2.37. The third kappa shape index (κ3) is 5.77. The molecule has 1 atom stereocenters. The summed E-state index contributed by atoms with van der Waals surface area (Å²) in [7, 11) is 0. The van der Waals surface area contributed by atoms with Crippen LogP contribution < -0.4 is 5.32 Å². The second kappa shape index (κ2) is 10.8. The molecule has 1 aliphatic heterocycles. The number of benzene rings is 1. The van der Waals surface area contributed by atoms with Crippen LogP contribution in [0.1, 0.15) is 49.6 Å².